The first-order valence-corrected chi connectivity index (χ1v) is 9.64. The molecule has 5 nitrogen and oxygen atoms in total. The van der Waals surface area contributed by atoms with Crippen LogP contribution in [0.5, 0.6) is 5.75 Å². The summed E-state index contributed by atoms with van der Waals surface area (Å²) in [6, 6.07) is 13.5. The van der Waals surface area contributed by atoms with E-state index in [4.69, 9.17) is 4.74 Å². The molecule has 0 aromatic heterocycles. The summed E-state index contributed by atoms with van der Waals surface area (Å²) >= 11 is 0. The standard InChI is InChI=1S/C19H21NO4S/c1-14(21)16-5-3-6-18(13-16)25(22,23)20-12-4-7-19(20)15-8-10-17(24-2)11-9-15/h3,5-6,8-11,13,19H,4,7,12H2,1-2H3/t19-/m1/s1. The zero-order valence-electron chi connectivity index (χ0n) is 14.3. The minimum Gasteiger partial charge on any atom is -0.497 e. The molecule has 0 radical (unpaired) electrons. The van der Waals surface area contributed by atoms with Crippen molar-refractivity contribution in [2.24, 2.45) is 0 Å². The molecule has 1 heterocycles. The molecule has 0 amide bonds. The summed E-state index contributed by atoms with van der Waals surface area (Å²) in [5, 5.41) is 0. The van der Waals surface area contributed by atoms with E-state index in [-0.39, 0.29) is 16.7 Å². The van der Waals surface area contributed by atoms with Crippen LogP contribution in [0.2, 0.25) is 0 Å². The summed E-state index contributed by atoms with van der Waals surface area (Å²) in [6.45, 7) is 1.91. The van der Waals surface area contributed by atoms with Gasteiger partial charge in [0.25, 0.3) is 0 Å². The summed E-state index contributed by atoms with van der Waals surface area (Å²) in [7, 11) is -2.06. The number of rotatable bonds is 5. The van der Waals surface area contributed by atoms with Crippen LogP contribution in [-0.4, -0.2) is 32.2 Å². The zero-order valence-corrected chi connectivity index (χ0v) is 15.1. The maximum absolute atomic E-state index is 13.1. The second kappa shape index (κ2) is 6.98. The minimum absolute atomic E-state index is 0.148. The third-order valence-electron chi connectivity index (χ3n) is 4.55. The summed E-state index contributed by atoms with van der Waals surface area (Å²) < 4.78 is 32.9. The Kier molecular flexibility index (Phi) is 4.92. The lowest BCUT2D eigenvalue weighted by Gasteiger charge is -2.24. The molecular formula is C19H21NO4S. The number of ether oxygens (including phenoxy) is 1. The number of carbonyl (C=O) groups is 1. The predicted molar refractivity (Wildman–Crippen MR) is 95.3 cm³/mol. The van der Waals surface area contributed by atoms with E-state index in [1.54, 1.807) is 25.3 Å². The van der Waals surface area contributed by atoms with Gasteiger partial charge in [0.05, 0.1) is 18.0 Å². The van der Waals surface area contributed by atoms with Gasteiger partial charge in [-0.1, -0.05) is 24.3 Å². The molecule has 0 saturated carbocycles. The quantitative estimate of drug-likeness (QED) is 0.768. The highest BCUT2D eigenvalue weighted by molar-refractivity contribution is 7.89. The highest BCUT2D eigenvalue weighted by Crippen LogP contribution is 2.37. The van der Waals surface area contributed by atoms with Crippen LogP contribution in [0.25, 0.3) is 0 Å². The molecule has 1 saturated heterocycles. The summed E-state index contributed by atoms with van der Waals surface area (Å²) in [5.41, 5.74) is 1.35. The fraction of sp³-hybridized carbons (Fsp3) is 0.316. The topological polar surface area (TPSA) is 63.7 Å². The first-order chi connectivity index (χ1) is 11.9. The normalized spacial score (nSPS) is 18.2. The van der Waals surface area contributed by atoms with Crippen molar-refractivity contribution in [1.29, 1.82) is 0 Å². The second-order valence-electron chi connectivity index (χ2n) is 6.13. The van der Waals surface area contributed by atoms with E-state index in [0.29, 0.717) is 12.1 Å². The van der Waals surface area contributed by atoms with E-state index < -0.39 is 10.0 Å². The van der Waals surface area contributed by atoms with Gasteiger partial charge in [0.1, 0.15) is 5.75 Å². The Morgan fingerprint density at radius 1 is 1.16 bits per heavy atom. The van der Waals surface area contributed by atoms with E-state index in [0.717, 1.165) is 24.2 Å². The van der Waals surface area contributed by atoms with Crippen LogP contribution in [0.1, 0.15) is 41.7 Å². The van der Waals surface area contributed by atoms with E-state index in [9.17, 15) is 13.2 Å². The van der Waals surface area contributed by atoms with Gasteiger partial charge in [0, 0.05) is 12.1 Å². The van der Waals surface area contributed by atoms with Crippen LogP contribution in [0, 0.1) is 0 Å². The first kappa shape index (κ1) is 17.6. The van der Waals surface area contributed by atoms with Gasteiger partial charge in [-0.3, -0.25) is 4.79 Å². The molecule has 1 aliphatic heterocycles. The predicted octanol–water partition coefficient (Wildman–Crippen LogP) is 3.42. The highest BCUT2D eigenvalue weighted by atomic mass is 32.2. The lowest BCUT2D eigenvalue weighted by atomic mass is 10.1. The number of benzene rings is 2. The third kappa shape index (κ3) is 3.45. The van der Waals surface area contributed by atoms with Crippen molar-refractivity contribution in [3.8, 4) is 5.75 Å². The number of Topliss-reactive ketones (excluding diaryl/α,β-unsaturated/α-hetero) is 1. The zero-order chi connectivity index (χ0) is 18.0. The largest absolute Gasteiger partial charge is 0.497 e. The van der Waals surface area contributed by atoms with Crippen LogP contribution in [0.15, 0.2) is 53.4 Å². The molecule has 0 aliphatic carbocycles. The average molecular weight is 359 g/mol. The van der Waals surface area contributed by atoms with Crippen molar-refractivity contribution in [1.82, 2.24) is 4.31 Å². The van der Waals surface area contributed by atoms with Crippen molar-refractivity contribution < 1.29 is 17.9 Å². The van der Waals surface area contributed by atoms with Crippen LogP contribution in [0.4, 0.5) is 0 Å². The van der Waals surface area contributed by atoms with Crippen molar-refractivity contribution in [3.63, 3.8) is 0 Å². The number of methoxy groups -OCH3 is 1. The van der Waals surface area contributed by atoms with E-state index in [1.165, 1.54) is 17.3 Å². The van der Waals surface area contributed by atoms with E-state index >= 15 is 0 Å². The number of hydrogen-bond donors (Lipinski definition) is 0. The van der Waals surface area contributed by atoms with E-state index in [2.05, 4.69) is 0 Å². The molecule has 0 unspecified atom stereocenters. The smallest absolute Gasteiger partial charge is 0.243 e. The van der Waals surface area contributed by atoms with Crippen molar-refractivity contribution in [2.75, 3.05) is 13.7 Å². The molecular weight excluding hydrogens is 338 g/mol. The molecule has 0 spiro atoms. The van der Waals surface area contributed by atoms with Gasteiger partial charge in [0.15, 0.2) is 5.78 Å². The summed E-state index contributed by atoms with van der Waals surface area (Å²) in [4.78, 5) is 11.7. The molecule has 1 fully saturated rings. The Labute approximate surface area is 148 Å². The van der Waals surface area contributed by atoms with Gasteiger partial charge in [-0.25, -0.2) is 8.42 Å². The molecule has 25 heavy (non-hydrogen) atoms. The monoisotopic (exact) mass is 359 g/mol. The second-order valence-corrected chi connectivity index (χ2v) is 8.02. The molecule has 2 aromatic rings. The molecule has 1 atom stereocenters. The molecule has 0 bridgehead atoms. The lowest BCUT2D eigenvalue weighted by molar-refractivity contribution is 0.101. The Balaban J connectivity index is 1.95. The summed E-state index contributed by atoms with van der Waals surface area (Å²) in [5.74, 6) is 0.593. The van der Waals surface area contributed by atoms with Gasteiger partial charge < -0.3 is 4.74 Å². The Morgan fingerprint density at radius 2 is 1.88 bits per heavy atom. The Morgan fingerprint density at radius 3 is 2.52 bits per heavy atom. The van der Waals surface area contributed by atoms with Crippen molar-refractivity contribution >= 4 is 15.8 Å². The van der Waals surface area contributed by atoms with Crippen LogP contribution >= 0.6 is 0 Å². The maximum Gasteiger partial charge on any atom is 0.243 e. The van der Waals surface area contributed by atoms with Gasteiger partial charge >= 0.3 is 0 Å². The van der Waals surface area contributed by atoms with Gasteiger partial charge in [-0.15, -0.1) is 0 Å². The van der Waals surface area contributed by atoms with Crippen LogP contribution < -0.4 is 4.74 Å². The van der Waals surface area contributed by atoms with E-state index in [1.807, 2.05) is 24.3 Å². The molecule has 2 aromatic carbocycles. The number of sulfonamides is 1. The SMILES string of the molecule is COc1ccc([C@H]2CCCN2S(=O)(=O)c2cccc(C(C)=O)c2)cc1. The fourth-order valence-corrected chi connectivity index (χ4v) is 4.93. The van der Waals surface area contributed by atoms with Crippen molar-refractivity contribution in [2.45, 2.75) is 30.7 Å². The Bertz CT molecular complexity index is 875. The first-order valence-electron chi connectivity index (χ1n) is 8.20. The average Bonchev–Trinajstić information content (AvgIpc) is 3.12. The molecule has 132 valence electrons. The van der Waals surface area contributed by atoms with Crippen molar-refractivity contribution in [3.05, 3.63) is 59.7 Å². The lowest BCUT2D eigenvalue weighted by Crippen LogP contribution is -2.30. The number of ketones is 1. The molecule has 3 rings (SSSR count). The summed E-state index contributed by atoms with van der Waals surface area (Å²) in [6.07, 6.45) is 1.58. The van der Waals surface area contributed by atoms with Crippen LogP contribution in [0.3, 0.4) is 0 Å². The number of carbonyl (C=O) groups excluding carboxylic acids is 1. The van der Waals surface area contributed by atoms with Gasteiger partial charge in [-0.05, 0) is 49.6 Å². The molecule has 0 N–H and O–H groups in total. The molecule has 6 heteroatoms. The maximum atomic E-state index is 13.1. The third-order valence-corrected chi connectivity index (χ3v) is 6.46. The molecule has 1 aliphatic rings. The van der Waals surface area contributed by atoms with Gasteiger partial charge in [-0.2, -0.15) is 4.31 Å². The highest BCUT2D eigenvalue weighted by Gasteiger charge is 2.36. The van der Waals surface area contributed by atoms with Gasteiger partial charge in [0.2, 0.25) is 10.0 Å². The minimum atomic E-state index is -3.66. The number of hydrogen-bond acceptors (Lipinski definition) is 4. The van der Waals surface area contributed by atoms with Crippen LogP contribution in [-0.2, 0) is 10.0 Å². The number of nitrogens with zero attached hydrogens (tertiary/aromatic N) is 1. The Hall–Kier alpha value is -2.18. The fourth-order valence-electron chi connectivity index (χ4n) is 3.20.